The number of sulfonamides is 1. The van der Waals surface area contributed by atoms with E-state index in [0.717, 1.165) is 12.8 Å². The third kappa shape index (κ3) is 3.17. The van der Waals surface area contributed by atoms with E-state index in [4.69, 9.17) is 9.47 Å². The number of aromatic nitrogens is 3. The maximum atomic E-state index is 12.9. The minimum atomic E-state index is -3.68. The van der Waals surface area contributed by atoms with Gasteiger partial charge in [-0.25, -0.2) is 17.8 Å². The number of fused-ring (bicyclic) bond motifs is 1. The Morgan fingerprint density at radius 3 is 2.88 bits per heavy atom. The zero-order valence-electron chi connectivity index (χ0n) is 14.1. The van der Waals surface area contributed by atoms with Crippen molar-refractivity contribution in [3.63, 3.8) is 0 Å². The van der Waals surface area contributed by atoms with Gasteiger partial charge in [-0.15, -0.1) is 5.10 Å². The molecule has 3 heterocycles. The van der Waals surface area contributed by atoms with Gasteiger partial charge in [-0.3, -0.25) is 0 Å². The summed E-state index contributed by atoms with van der Waals surface area (Å²) in [6.45, 7) is 1.89. The Labute approximate surface area is 146 Å². The molecule has 1 aromatic heterocycles. The standard InChI is InChI=1S/C16H22N4O4S/c1-20-13-3-2-4-14(15(13)17-19-20)25(21,22)18-12-5-8-24-16(11-12)6-9-23-10-7-16/h2-4,12,18H,5-11H2,1H3/t12-/m1/s1. The highest BCUT2D eigenvalue weighted by molar-refractivity contribution is 7.89. The second-order valence-corrected chi connectivity index (χ2v) is 8.47. The molecule has 2 saturated heterocycles. The molecule has 0 bridgehead atoms. The van der Waals surface area contributed by atoms with E-state index in [9.17, 15) is 8.42 Å². The van der Waals surface area contributed by atoms with Crippen LogP contribution in [0.5, 0.6) is 0 Å². The molecule has 1 atom stereocenters. The summed E-state index contributed by atoms with van der Waals surface area (Å²) in [5, 5.41) is 7.94. The van der Waals surface area contributed by atoms with Crippen LogP contribution in [0.2, 0.25) is 0 Å². The Hall–Kier alpha value is -1.55. The molecule has 136 valence electrons. The summed E-state index contributed by atoms with van der Waals surface area (Å²) in [5.41, 5.74) is 0.823. The predicted octanol–water partition coefficient (Wildman–Crippen LogP) is 0.975. The first kappa shape index (κ1) is 16.9. The summed E-state index contributed by atoms with van der Waals surface area (Å²) in [4.78, 5) is 0.172. The Morgan fingerprint density at radius 2 is 2.08 bits per heavy atom. The molecule has 2 aromatic rings. The van der Waals surface area contributed by atoms with E-state index in [1.807, 2.05) is 0 Å². The van der Waals surface area contributed by atoms with E-state index >= 15 is 0 Å². The molecule has 1 spiro atoms. The van der Waals surface area contributed by atoms with Crippen LogP contribution in [0, 0.1) is 0 Å². The number of benzene rings is 1. The number of hydrogen-bond donors (Lipinski definition) is 1. The maximum absolute atomic E-state index is 12.9. The Balaban J connectivity index is 1.58. The summed E-state index contributed by atoms with van der Waals surface area (Å²) in [5.74, 6) is 0. The zero-order valence-corrected chi connectivity index (χ0v) is 15.0. The third-order valence-corrected chi connectivity index (χ3v) is 6.67. The first-order chi connectivity index (χ1) is 12.0. The quantitative estimate of drug-likeness (QED) is 0.870. The number of rotatable bonds is 3. The largest absolute Gasteiger partial charge is 0.381 e. The van der Waals surface area contributed by atoms with E-state index in [0.29, 0.717) is 43.7 Å². The van der Waals surface area contributed by atoms with Crippen LogP contribution in [0.3, 0.4) is 0 Å². The van der Waals surface area contributed by atoms with Crippen LogP contribution in [0.25, 0.3) is 11.0 Å². The lowest BCUT2D eigenvalue weighted by molar-refractivity contribution is -0.138. The number of aryl methyl sites for hydroxylation is 1. The molecule has 0 aliphatic carbocycles. The molecule has 2 aliphatic heterocycles. The van der Waals surface area contributed by atoms with E-state index in [1.54, 1.807) is 29.9 Å². The third-order valence-electron chi connectivity index (χ3n) is 5.11. The van der Waals surface area contributed by atoms with Gasteiger partial charge in [0.2, 0.25) is 10.0 Å². The van der Waals surface area contributed by atoms with Gasteiger partial charge in [0.25, 0.3) is 0 Å². The highest BCUT2D eigenvalue weighted by Crippen LogP contribution is 2.35. The molecule has 2 aliphatic rings. The fourth-order valence-corrected chi connectivity index (χ4v) is 5.18. The normalized spacial score (nSPS) is 24.0. The van der Waals surface area contributed by atoms with Gasteiger partial charge >= 0.3 is 0 Å². The van der Waals surface area contributed by atoms with E-state index in [1.165, 1.54) is 0 Å². The number of ether oxygens (including phenoxy) is 2. The van der Waals surface area contributed by atoms with E-state index in [-0.39, 0.29) is 16.5 Å². The Morgan fingerprint density at radius 1 is 1.28 bits per heavy atom. The van der Waals surface area contributed by atoms with Crippen LogP contribution in [0.15, 0.2) is 23.1 Å². The lowest BCUT2D eigenvalue weighted by atomic mass is 9.84. The fraction of sp³-hybridized carbons (Fsp3) is 0.625. The Kier molecular flexibility index (Phi) is 4.27. The molecule has 0 unspecified atom stereocenters. The summed E-state index contributed by atoms with van der Waals surface area (Å²) >= 11 is 0. The molecule has 9 heteroatoms. The molecule has 8 nitrogen and oxygen atoms in total. The highest BCUT2D eigenvalue weighted by Gasteiger charge is 2.40. The summed E-state index contributed by atoms with van der Waals surface area (Å²) < 4.78 is 41.7. The summed E-state index contributed by atoms with van der Waals surface area (Å²) in [6, 6.07) is 4.94. The second-order valence-electron chi connectivity index (χ2n) is 6.79. The highest BCUT2D eigenvalue weighted by atomic mass is 32.2. The Bertz CT molecular complexity index is 868. The van der Waals surface area contributed by atoms with Crippen molar-refractivity contribution in [2.24, 2.45) is 7.05 Å². The van der Waals surface area contributed by atoms with E-state index < -0.39 is 10.0 Å². The van der Waals surface area contributed by atoms with Gasteiger partial charge in [0.15, 0.2) is 0 Å². The molecule has 25 heavy (non-hydrogen) atoms. The maximum Gasteiger partial charge on any atom is 0.243 e. The van der Waals surface area contributed by atoms with Crippen molar-refractivity contribution in [2.75, 3.05) is 19.8 Å². The average Bonchev–Trinajstić information content (AvgIpc) is 2.96. The lowest BCUT2D eigenvalue weighted by Crippen LogP contribution is -2.50. The minimum Gasteiger partial charge on any atom is -0.381 e. The molecule has 0 radical (unpaired) electrons. The molecule has 1 N–H and O–H groups in total. The van der Waals surface area contributed by atoms with Crippen molar-refractivity contribution < 1.29 is 17.9 Å². The topological polar surface area (TPSA) is 95.3 Å². The van der Waals surface area contributed by atoms with Gasteiger partial charge in [0.1, 0.15) is 10.4 Å². The first-order valence-corrected chi connectivity index (χ1v) is 10.00. The van der Waals surface area contributed by atoms with Crippen molar-refractivity contribution in [3.05, 3.63) is 18.2 Å². The van der Waals surface area contributed by atoms with Gasteiger partial charge < -0.3 is 9.47 Å². The molecular formula is C16H22N4O4S. The molecule has 0 amide bonds. The number of nitrogens with one attached hydrogen (secondary N) is 1. The van der Waals surface area contributed by atoms with Crippen molar-refractivity contribution >= 4 is 21.1 Å². The molecule has 0 saturated carbocycles. The van der Waals surface area contributed by atoms with Crippen LogP contribution >= 0.6 is 0 Å². The van der Waals surface area contributed by atoms with Gasteiger partial charge in [0, 0.05) is 32.9 Å². The van der Waals surface area contributed by atoms with Crippen molar-refractivity contribution in [1.29, 1.82) is 0 Å². The summed E-state index contributed by atoms with van der Waals surface area (Å²) in [6.07, 6.45) is 2.96. The van der Waals surface area contributed by atoms with Crippen molar-refractivity contribution in [2.45, 2.75) is 42.2 Å². The van der Waals surface area contributed by atoms with Gasteiger partial charge in [-0.2, -0.15) is 0 Å². The number of hydrogen-bond acceptors (Lipinski definition) is 6. The van der Waals surface area contributed by atoms with Crippen LogP contribution in [0.4, 0.5) is 0 Å². The van der Waals surface area contributed by atoms with Crippen molar-refractivity contribution in [1.82, 2.24) is 19.7 Å². The monoisotopic (exact) mass is 366 g/mol. The van der Waals surface area contributed by atoms with Gasteiger partial charge in [0.05, 0.1) is 11.1 Å². The fourth-order valence-electron chi connectivity index (χ4n) is 3.75. The minimum absolute atomic E-state index is 0.149. The molecule has 4 rings (SSSR count). The van der Waals surface area contributed by atoms with Crippen LogP contribution < -0.4 is 4.72 Å². The van der Waals surface area contributed by atoms with Crippen molar-refractivity contribution in [3.8, 4) is 0 Å². The predicted molar refractivity (Wildman–Crippen MR) is 90.6 cm³/mol. The number of nitrogens with zero attached hydrogens (tertiary/aromatic N) is 3. The second kappa shape index (κ2) is 6.31. The van der Waals surface area contributed by atoms with Gasteiger partial charge in [-0.1, -0.05) is 11.3 Å². The zero-order chi connectivity index (χ0) is 17.5. The SMILES string of the molecule is Cn1nnc2c(S(=O)(=O)N[C@@H]3CCOC4(CCOCC4)C3)cccc21. The first-order valence-electron chi connectivity index (χ1n) is 8.52. The molecule has 2 fully saturated rings. The van der Waals surface area contributed by atoms with Gasteiger partial charge in [-0.05, 0) is 37.8 Å². The van der Waals surface area contributed by atoms with Crippen LogP contribution in [-0.4, -0.2) is 54.9 Å². The van der Waals surface area contributed by atoms with E-state index in [2.05, 4.69) is 15.0 Å². The van der Waals surface area contributed by atoms with Crippen LogP contribution in [0.1, 0.15) is 25.7 Å². The average molecular weight is 366 g/mol. The summed E-state index contributed by atoms with van der Waals surface area (Å²) in [7, 11) is -1.94. The molecular weight excluding hydrogens is 344 g/mol. The smallest absolute Gasteiger partial charge is 0.243 e. The molecule has 1 aromatic carbocycles. The van der Waals surface area contributed by atoms with Crippen LogP contribution in [-0.2, 0) is 26.5 Å². The lowest BCUT2D eigenvalue weighted by Gasteiger charge is -2.43.